The molecule has 0 aliphatic rings. The van der Waals surface area contributed by atoms with Gasteiger partial charge in [0.05, 0.1) is 10.9 Å². The third-order valence-electron chi connectivity index (χ3n) is 2.71. The molecule has 2 aromatic carbocycles. The van der Waals surface area contributed by atoms with Gasteiger partial charge in [-0.15, -0.1) is 11.8 Å². The molecule has 0 aromatic heterocycles. The van der Waals surface area contributed by atoms with Gasteiger partial charge < -0.3 is 5.32 Å². The monoisotopic (exact) mass is 327 g/mol. The molecule has 6 heteroatoms. The summed E-state index contributed by atoms with van der Waals surface area (Å²) >= 11 is 7.09. The normalized spacial score (nSPS) is 12.0. The molecule has 0 spiro atoms. The van der Waals surface area contributed by atoms with Gasteiger partial charge in [-0.1, -0.05) is 17.7 Å². The van der Waals surface area contributed by atoms with Gasteiger partial charge >= 0.3 is 0 Å². The standard InChI is InChI=1S/C15H12ClF2NOS/c1-9(21-11-7-5-10(16)6-8-11)15(20)19-13-4-2-3-12(17)14(13)18/h2-9H,1H3,(H,19,20). The van der Waals surface area contributed by atoms with Gasteiger partial charge in [0.1, 0.15) is 0 Å². The zero-order valence-corrected chi connectivity index (χ0v) is 12.6. The average molecular weight is 328 g/mol. The lowest BCUT2D eigenvalue weighted by Crippen LogP contribution is -2.23. The first kappa shape index (κ1) is 15.8. The first-order chi connectivity index (χ1) is 9.97. The molecule has 1 unspecified atom stereocenters. The molecule has 0 bridgehead atoms. The van der Waals surface area contributed by atoms with Crippen molar-refractivity contribution in [2.75, 3.05) is 5.32 Å². The molecule has 0 heterocycles. The van der Waals surface area contributed by atoms with Crippen LogP contribution in [0.2, 0.25) is 5.02 Å². The number of hydrogen-bond donors (Lipinski definition) is 1. The van der Waals surface area contributed by atoms with E-state index in [0.29, 0.717) is 5.02 Å². The van der Waals surface area contributed by atoms with Crippen molar-refractivity contribution < 1.29 is 13.6 Å². The number of halogens is 3. The summed E-state index contributed by atoms with van der Waals surface area (Å²) < 4.78 is 26.6. The summed E-state index contributed by atoms with van der Waals surface area (Å²) in [6, 6.07) is 10.7. The highest BCUT2D eigenvalue weighted by molar-refractivity contribution is 8.00. The van der Waals surface area contributed by atoms with Crippen molar-refractivity contribution in [3.8, 4) is 0 Å². The summed E-state index contributed by atoms with van der Waals surface area (Å²) in [7, 11) is 0. The predicted molar refractivity (Wildman–Crippen MR) is 81.8 cm³/mol. The first-order valence-electron chi connectivity index (χ1n) is 6.14. The topological polar surface area (TPSA) is 29.1 Å². The van der Waals surface area contributed by atoms with Crippen LogP contribution >= 0.6 is 23.4 Å². The smallest absolute Gasteiger partial charge is 0.237 e. The van der Waals surface area contributed by atoms with Gasteiger partial charge in [0.15, 0.2) is 11.6 Å². The Hall–Kier alpha value is -1.59. The molecule has 2 aromatic rings. The lowest BCUT2D eigenvalue weighted by atomic mass is 10.3. The second-order valence-corrected chi connectivity index (χ2v) is 6.16. The van der Waals surface area contributed by atoms with Crippen LogP contribution < -0.4 is 5.32 Å². The van der Waals surface area contributed by atoms with Gasteiger partial charge in [0.25, 0.3) is 0 Å². The summed E-state index contributed by atoms with van der Waals surface area (Å²) in [6.07, 6.45) is 0. The average Bonchev–Trinajstić information content (AvgIpc) is 2.46. The number of amides is 1. The Morgan fingerprint density at radius 1 is 1.19 bits per heavy atom. The highest BCUT2D eigenvalue weighted by atomic mass is 35.5. The molecule has 1 atom stereocenters. The van der Waals surface area contributed by atoms with E-state index in [0.717, 1.165) is 11.0 Å². The molecule has 1 N–H and O–H groups in total. The molecule has 0 saturated carbocycles. The van der Waals surface area contributed by atoms with E-state index >= 15 is 0 Å². The largest absolute Gasteiger partial charge is 0.323 e. The number of hydrogen-bond acceptors (Lipinski definition) is 2. The van der Waals surface area contributed by atoms with Crippen LogP contribution in [0, 0.1) is 11.6 Å². The Kier molecular flexibility index (Phi) is 5.20. The van der Waals surface area contributed by atoms with Gasteiger partial charge in [0.2, 0.25) is 5.91 Å². The minimum Gasteiger partial charge on any atom is -0.323 e. The fourth-order valence-electron chi connectivity index (χ4n) is 1.61. The summed E-state index contributed by atoms with van der Waals surface area (Å²) in [5.41, 5.74) is -0.163. The van der Waals surface area contributed by atoms with Crippen molar-refractivity contribution in [1.82, 2.24) is 0 Å². The van der Waals surface area contributed by atoms with Crippen LogP contribution in [0.4, 0.5) is 14.5 Å². The van der Waals surface area contributed by atoms with Crippen molar-refractivity contribution in [2.24, 2.45) is 0 Å². The minimum atomic E-state index is -1.06. The summed E-state index contributed by atoms with van der Waals surface area (Å²) in [4.78, 5) is 12.9. The molecule has 0 aliphatic heterocycles. The van der Waals surface area contributed by atoms with E-state index in [9.17, 15) is 13.6 Å². The molecular formula is C15H12ClF2NOS. The van der Waals surface area contributed by atoms with Crippen LogP contribution in [0.3, 0.4) is 0 Å². The quantitative estimate of drug-likeness (QED) is 0.822. The molecule has 2 rings (SSSR count). The summed E-state index contributed by atoms with van der Waals surface area (Å²) in [5.74, 6) is -2.46. The fourth-order valence-corrected chi connectivity index (χ4v) is 2.60. The van der Waals surface area contributed by atoms with Crippen LogP contribution in [-0.2, 0) is 4.79 Å². The molecular weight excluding hydrogens is 316 g/mol. The lowest BCUT2D eigenvalue weighted by molar-refractivity contribution is -0.115. The second-order valence-electron chi connectivity index (χ2n) is 4.30. The van der Waals surface area contributed by atoms with Crippen molar-refractivity contribution in [1.29, 1.82) is 0 Å². The molecule has 0 radical (unpaired) electrons. The SMILES string of the molecule is CC(Sc1ccc(Cl)cc1)C(=O)Nc1cccc(F)c1F. The van der Waals surface area contributed by atoms with Gasteiger partial charge in [-0.2, -0.15) is 0 Å². The highest BCUT2D eigenvalue weighted by Crippen LogP contribution is 2.26. The maximum absolute atomic E-state index is 13.5. The van der Waals surface area contributed by atoms with Crippen LogP contribution in [0.1, 0.15) is 6.92 Å². The molecule has 2 nitrogen and oxygen atoms in total. The molecule has 21 heavy (non-hydrogen) atoms. The number of anilines is 1. The van der Waals surface area contributed by atoms with Gasteiger partial charge in [-0.25, -0.2) is 8.78 Å². The summed E-state index contributed by atoms with van der Waals surface area (Å²) in [6.45, 7) is 1.69. The Morgan fingerprint density at radius 3 is 2.52 bits per heavy atom. The van der Waals surface area contributed by atoms with Gasteiger partial charge in [-0.3, -0.25) is 4.79 Å². The Bertz CT molecular complexity index is 649. The third-order valence-corrected chi connectivity index (χ3v) is 4.07. The zero-order valence-electron chi connectivity index (χ0n) is 11.1. The lowest BCUT2D eigenvalue weighted by Gasteiger charge is -2.12. The van der Waals surface area contributed by atoms with E-state index in [1.807, 2.05) is 0 Å². The number of carbonyl (C=O) groups is 1. The number of benzene rings is 2. The first-order valence-corrected chi connectivity index (χ1v) is 7.40. The van der Waals surface area contributed by atoms with E-state index < -0.39 is 22.8 Å². The number of nitrogens with one attached hydrogen (secondary N) is 1. The van der Waals surface area contributed by atoms with Crippen molar-refractivity contribution in [3.63, 3.8) is 0 Å². The van der Waals surface area contributed by atoms with E-state index in [4.69, 9.17) is 11.6 Å². The fraction of sp³-hybridized carbons (Fsp3) is 0.133. The van der Waals surface area contributed by atoms with Crippen LogP contribution in [0.25, 0.3) is 0 Å². The van der Waals surface area contributed by atoms with E-state index in [1.165, 1.54) is 23.9 Å². The van der Waals surface area contributed by atoms with Crippen molar-refractivity contribution in [2.45, 2.75) is 17.1 Å². The molecule has 0 saturated heterocycles. The Labute approximate surface area is 130 Å². The predicted octanol–water partition coefficient (Wildman–Crippen LogP) is 4.74. The van der Waals surface area contributed by atoms with E-state index in [-0.39, 0.29) is 5.69 Å². The molecule has 1 amide bonds. The number of carbonyl (C=O) groups excluding carboxylic acids is 1. The summed E-state index contributed by atoms with van der Waals surface area (Å²) in [5, 5.41) is 2.53. The number of thioether (sulfide) groups is 1. The molecule has 110 valence electrons. The van der Waals surface area contributed by atoms with Crippen LogP contribution in [-0.4, -0.2) is 11.2 Å². The maximum atomic E-state index is 13.5. The van der Waals surface area contributed by atoms with Crippen LogP contribution in [0.5, 0.6) is 0 Å². The van der Waals surface area contributed by atoms with E-state index in [2.05, 4.69) is 5.32 Å². The zero-order chi connectivity index (χ0) is 15.4. The van der Waals surface area contributed by atoms with E-state index in [1.54, 1.807) is 31.2 Å². The molecule has 0 aliphatic carbocycles. The number of rotatable bonds is 4. The maximum Gasteiger partial charge on any atom is 0.237 e. The minimum absolute atomic E-state index is 0.163. The van der Waals surface area contributed by atoms with Gasteiger partial charge in [0, 0.05) is 9.92 Å². The Balaban J connectivity index is 2.02. The Morgan fingerprint density at radius 2 is 1.86 bits per heavy atom. The third kappa shape index (κ3) is 4.19. The second kappa shape index (κ2) is 6.91. The highest BCUT2D eigenvalue weighted by Gasteiger charge is 2.17. The molecule has 0 fully saturated rings. The van der Waals surface area contributed by atoms with Gasteiger partial charge in [-0.05, 0) is 43.3 Å². The van der Waals surface area contributed by atoms with Crippen LogP contribution in [0.15, 0.2) is 47.4 Å². The van der Waals surface area contributed by atoms with Crippen molar-refractivity contribution in [3.05, 3.63) is 59.1 Å². The van der Waals surface area contributed by atoms with Crippen molar-refractivity contribution >= 4 is 35.0 Å².